The molecule has 0 bridgehead atoms. The van der Waals surface area contributed by atoms with Gasteiger partial charge in [0.25, 0.3) is 5.56 Å². The van der Waals surface area contributed by atoms with E-state index in [2.05, 4.69) is 9.97 Å². The van der Waals surface area contributed by atoms with Gasteiger partial charge in [0, 0.05) is 24.4 Å². The summed E-state index contributed by atoms with van der Waals surface area (Å²) in [5.74, 6) is 0.152. The fourth-order valence-corrected chi connectivity index (χ4v) is 4.81. The summed E-state index contributed by atoms with van der Waals surface area (Å²) in [5, 5.41) is -0.110. The Morgan fingerprint density at radius 2 is 1.88 bits per heavy atom. The standard InChI is InChI=1S/C23H26ClN3O4S/c1-6-16(4)32(29,30)13-18-11-20(17-10-15(3)22(28)27(5)12-17)26-23(25-18)31-21-14(2)8-7-9-19(21)24/h7-12,16H,6,13H2,1-5H3/t16-/m0/s1. The maximum Gasteiger partial charge on any atom is 0.322 e. The molecule has 1 atom stereocenters. The van der Waals surface area contributed by atoms with Gasteiger partial charge in [-0.3, -0.25) is 4.79 Å². The quantitative estimate of drug-likeness (QED) is 0.495. The number of pyridine rings is 1. The first kappa shape index (κ1) is 23.9. The molecule has 0 saturated carbocycles. The Kier molecular flexibility index (Phi) is 7.05. The number of rotatable bonds is 7. The lowest BCUT2D eigenvalue weighted by Crippen LogP contribution is -2.20. The zero-order valence-electron chi connectivity index (χ0n) is 18.7. The highest BCUT2D eigenvalue weighted by molar-refractivity contribution is 7.91. The summed E-state index contributed by atoms with van der Waals surface area (Å²) >= 11 is 6.29. The zero-order valence-corrected chi connectivity index (χ0v) is 20.3. The normalized spacial score (nSPS) is 12.6. The summed E-state index contributed by atoms with van der Waals surface area (Å²) in [6.45, 7) is 7.06. The molecule has 2 aromatic heterocycles. The van der Waals surface area contributed by atoms with Gasteiger partial charge in [-0.25, -0.2) is 8.42 Å². The van der Waals surface area contributed by atoms with Gasteiger partial charge in [-0.1, -0.05) is 30.7 Å². The number of hydrogen-bond donors (Lipinski definition) is 0. The Bertz CT molecular complexity index is 1270. The predicted molar refractivity (Wildman–Crippen MR) is 126 cm³/mol. The largest absolute Gasteiger partial charge is 0.422 e. The van der Waals surface area contributed by atoms with Gasteiger partial charge in [-0.2, -0.15) is 9.97 Å². The number of aryl methyl sites for hydroxylation is 3. The van der Waals surface area contributed by atoms with Gasteiger partial charge < -0.3 is 9.30 Å². The van der Waals surface area contributed by atoms with Crippen LogP contribution in [0.2, 0.25) is 5.02 Å². The highest BCUT2D eigenvalue weighted by Crippen LogP contribution is 2.32. The molecule has 0 saturated heterocycles. The van der Waals surface area contributed by atoms with Gasteiger partial charge in [0.1, 0.15) is 0 Å². The zero-order chi connectivity index (χ0) is 23.6. The minimum atomic E-state index is -3.42. The first-order chi connectivity index (χ1) is 15.0. The molecule has 3 rings (SSSR count). The average molecular weight is 476 g/mol. The highest BCUT2D eigenvalue weighted by atomic mass is 35.5. The van der Waals surface area contributed by atoms with Crippen LogP contribution in [0.15, 0.2) is 41.3 Å². The third-order valence-electron chi connectivity index (χ3n) is 5.31. The molecule has 2 heterocycles. The third kappa shape index (κ3) is 5.19. The molecule has 0 spiro atoms. The van der Waals surface area contributed by atoms with Crippen molar-refractivity contribution in [3.05, 3.63) is 68.7 Å². The van der Waals surface area contributed by atoms with E-state index in [1.165, 1.54) is 4.57 Å². The SMILES string of the molecule is CC[C@H](C)S(=O)(=O)Cc1cc(-c2cc(C)c(=O)n(C)c2)nc(Oc2c(C)cccc2Cl)n1. The lowest BCUT2D eigenvalue weighted by molar-refractivity contribution is 0.438. The van der Waals surface area contributed by atoms with Gasteiger partial charge >= 0.3 is 6.01 Å². The second kappa shape index (κ2) is 9.42. The van der Waals surface area contributed by atoms with Gasteiger partial charge in [-0.15, -0.1) is 0 Å². The number of hydrogen-bond acceptors (Lipinski definition) is 6. The molecule has 7 nitrogen and oxygen atoms in total. The van der Waals surface area contributed by atoms with Crippen LogP contribution < -0.4 is 10.3 Å². The number of aromatic nitrogens is 3. The maximum atomic E-state index is 12.7. The number of halogens is 1. The summed E-state index contributed by atoms with van der Waals surface area (Å²) in [5.41, 5.74) is 2.62. The minimum absolute atomic E-state index is 0.0143. The maximum absolute atomic E-state index is 12.7. The Hall–Kier alpha value is -2.71. The van der Waals surface area contributed by atoms with Crippen LogP contribution >= 0.6 is 11.6 Å². The van der Waals surface area contributed by atoms with Crippen molar-refractivity contribution in [3.8, 4) is 23.0 Å². The Morgan fingerprint density at radius 3 is 2.50 bits per heavy atom. The van der Waals surface area contributed by atoms with E-state index in [0.717, 1.165) is 5.56 Å². The van der Waals surface area contributed by atoms with Crippen LogP contribution in [0.1, 0.15) is 37.1 Å². The fourth-order valence-electron chi connectivity index (χ4n) is 3.20. The molecule has 0 aliphatic heterocycles. The highest BCUT2D eigenvalue weighted by Gasteiger charge is 2.22. The lowest BCUT2D eigenvalue weighted by Gasteiger charge is -2.14. The van der Waals surface area contributed by atoms with Crippen molar-refractivity contribution in [2.75, 3.05) is 0 Å². The Balaban J connectivity index is 2.15. The van der Waals surface area contributed by atoms with E-state index >= 15 is 0 Å². The smallest absolute Gasteiger partial charge is 0.322 e. The molecule has 0 N–H and O–H groups in total. The van der Waals surface area contributed by atoms with Crippen LogP contribution in [-0.4, -0.2) is 28.2 Å². The molecule has 3 aromatic rings. The molecule has 0 unspecified atom stereocenters. The van der Waals surface area contributed by atoms with E-state index in [9.17, 15) is 13.2 Å². The van der Waals surface area contributed by atoms with Crippen molar-refractivity contribution < 1.29 is 13.2 Å². The van der Waals surface area contributed by atoms with Crippen LogP contribution in [0.25, 0.3) is 11.3 Å². The summed E-state index contributed by atoms with van der Waals surface area (Å²) in [6.07, 6.45) is 2.15. The van der Waals surface area contributed by atoms with Crippen LogP contribution in [0.3, 0.4) is 0 Å². The summed E-state index contributed by atoms with van der Waals surface area (Å²) in [7, 11) is -1.77. The molecule has 0 aliphatic rings. The van der Waals surface area contributed by atoms with E-state index in [1.54, 1.807) is 51.4 Å². The molecule has 32 heavy (non-hydrogen) atoms. The minimum Gasteiger partial charge on any atom is -0.422 e. The number of nitrogens with zero attached hydrogens (tertiary/aromatic N) is 3. The van der Waals surface area contributed by atoms with Crippen LogP contribution in [0, 0.1) is 13.8 Å². The van der Waals surface area contributed by atoms with Crippen molar-refractivity contribution in [1.29, 1.82) is 0 Å². The first-order valence-corrected chi connectivity index (χ1v) is 12.3. The van der Waals surface area contributed by atoms with E-state index in [4.69, 9.17) is 16.3 Å². The van der Waals surface area contributed by atoms with Crippen molar-refractivity contribution in [1.82, 2.24) is 14.5 Å². The number of sulfone groups is 1. The Morgan fingerprint density at radius 1 is 1.16 bits per heavy atom. The molecule has 0 fully saturated rings. The van der Waals surface area contributed by atoms with Gasteiger partial charge in [0.05, 0.1) is 27.4 Å². The second-order valence-electron chi connectivity index (χ2n) is 7.87. The molecule has 0 aliphatic carbocycles. The van der Waals surface area contributed by atoms with Gasteiger partial charge in [-0.05, 0) is 51.0 Å². The van der Waals surface area contributed by atoms with Crippen LogP contribution in [0.4, 0.5) is 0 Å². The number of ether oxygens (including phenoxy) is 1. The predicted octanol–water partition coefficient (Wildman–Crippen LogP) is 4.62. The average Bonchev–Trinajstić information content (AvgIpc) is 2.73. The third-order valence-corrected chi connectivity index (χ3v) is 7.87. The summed E-state index contributed by atoms with van der Waals surface area (Å²) in [4.78, 5) is 21.0. The molecule has 0 radical (unpaired) electrons. The number of benzene rings is 1. The summed E-state index contributed by atoms with van der Waals surface area (Å²) < 4.78 is 32.9. The summed E-state index contributed by atoms with van der Waals surface area (Å²) in [6, 6.07) is 8.65. The van der Waals surface area contributed by atoms with E-state index in [1.807, 2.05) is 19.9 Å². The molecule has 1 aromatic carbocycles. The first-order valence-electron chi connectivity index (χ1n) is 10.2. The van der Waals surface area contributed by atoms with Crippen molar-refractivity contribution in [3.63, 3.8) is 0 Å². The van der Waals surface area contributed by atoms with Crippen molar-refractivity contribution in [2.24, 2.45) is 7.05 Å². The second-order valence-corrected chi connectivity index (χ2v) is 10.7. The monoisotopic (exact) mass is 475 g/mol. The molecular formula is C23H26ClN3O4S. The molecule has 170 valence electrons. The van der Waals surface area contributed by atoms with Crippen molar-refractivity contribution in [2.45, 2.75) is 45.1 Å². The van der Waals surface area contributed by atoms with Crippen LogP contribution in [0.5, 0.6) is 11.8 Å². The van der Waals surface area contributed by atoms with E-state index in [0.29, 0.717) is 39.7 Å². The lowest BCUT2D eigenvalue weighted by atomic mass is 10.1. The fraction of sp³-hybridized carbons (Fsp3) is 0.348. The van der Waals surface area contributed by atoms with E-state index in [-0.39, 0.29) is 17.3 Å². The molecular weight excluding hydrogens is 450 g/mol. The van der Waals surface area contributed by atoms with Crippen molar-refractivity contribution >= 4 is 21.4 Å². The topological polar surface area (TPSA) is 91.2 Å². The molecule has 0 amide bonds. The molecule has 9 heteroatoms. The van der Waals surface area contributed by atoms with Gasteiger partial charge in [0.2, 0.25) is 0 Å². The van der Waals surface area contributed by atoms with Crippen LogP contribution in [-0.2, 0) is 22.6 Å². The number of para-hydroxylation sites is 1. The van der Waals surface area contributed by atoms with Gasteiger partial charge in [0.15, 0.2) is 15.6 Å². The van der Waals surface area contributed by atoms with E-state index < -0.39 is 15.1 Å². The Labute approximate surface area is 193 Å².